The van der Waals surface area contributed by atoms with E-state index in [1.165, 1.54) is 0 Å². The Labute approximate surface area is 181 Å². The Balaban J connectivity index is 1.40. The fourth-order valence-corrected chi connectivity index (χ4v) is 4.87. The fraction of sp³-hybridized carbons (Fsp3) is 0.500. The van der Waals surface area contributed by atoms with Gasteiger partial charge in [0.25, 0.3) is 5.91 Å². The first-order valence-corrected chi connectivity index (χ1v) is 11.1. The van der Waals surface area contributed by atoms with E-state index in [2.05, 4.69) is 14.9 Å². The second-order valence-corrected chi connectivity index (χ2v) is 9.34. The maximum Gasteiger partial charge on any atom is 0.255 e. The van der Waals surface area contributed by atoms with Crippen LogP contribution in [0.4, 0.5) is 16.0 Å². The van der Waals surface area contributed by atoms with Gasteiger partial charge in [0, 0.05) is 43.5 Å². The van der Waals surface area contributed by atoms with Crippen LogP contribution in [0.25, 0.3) is 0 Å². The summed E-state index contributed by atoms with van der Waals surface area (Å²) < 4.78 is 14.1. The van der Waals surface area contributed by atoms with Crippen LogP contribution >= 0.6 is 0 Å². The van der Waals surface area contributed by atoms with Gasteiger partial charge >= 0.3 is 0 Å². The molecule has 5 rings (SSSR count). The number of alkyl halides is 1. The van der Waals surface area contributed by atoms with Crippen molar-refractivity contribution >= 4 is 23.3 Å². The van der Waals surface area contributed by atoms with Crippen LogP contribution in [0, 0.1) is 5.92 Å². The molecular formula is C24H27FN4O2. The Kier molecular flexibility index (Phi) is 4.79. The molecule has 0 N–H and O–H groups in total. The summed E-state index contributed by atoms with van der Waals surface area (Å²) in [5.41, 5.74) is 2.18. The smallest absolute Gasteiger partial charge is 0.255 e. The molecule has 1 amide bonds. The molecule has 31 heavy (non-hydrogen) atoms. The first kappa shape index (κ1) is 20.1. The van der Waals surface area contributed by atoms with Gasteiger partial charge in [0.15, 0.2) is 5.78 Å². The van der Waals surface area contributed by atoms with Gasteiger partial charge in [0.1, 0.15) is 17.3 Å². The summed E-state index contributed by atoms with van der Waals surface area (Å²) in [4.78, 5) is 38.2. The lowest BCUT2D eigenvalue weighted by Gasteiger charge is -2.34. The van der Waals surface area contributed by atoms with Crippen molar-refractivity contribution in [2.45, 2.75) is 51.6 Å². The maximum atomic E-state index is 14.1. The van der Waals surface area contributed by atoms with Crippen LogP contribution in [0.3, 0.4) is 0 Å². The molecule has 2 aliphatic heterocycles. The van der Waals surface area contributed by atoms with Gasteiger partial charge in [-0.1, -0.05) is 6.92 Å². The number of carbonyl (C=O) groups is 2. The number of pyridine rings is 2. The normalized spacial score (nSPS) is 22.3. The Morgan fingerprint density at radius 3 is 2.68 bits per heavy atom. The predicted octanol–water partition coefficient (Wildman–Crippen LogP) is 3.90. The molecule has 6 nitrogen and oxygen atoms in total. The molecule has 162 valence electrons. The van der Waals surface area contributed by atoms with E-state index in [1.807, 2.05) is 19.1 Å². The molecule has 0 radical (unpaired) electrons. The SMILES string of the molecule is CC1Cc2cc(N3CCCc4cc(C(=O)N5CCC(C)(F)CC5)cnc43)ncc2C1=O. The molecule has 0 saturated carbocycles. The van der Waals surface area contributed by atoms with Gasteiger partial charge in [0.2, 0.25) is 0 Å². The van der Waals surface area contributed by atoms with Crippen LogP contribution in [-0.2, 0) is 12.8 Å². The molecular weight excluding hydrogens is 395 g/mol. The molecule has 1 saturated heterocycles. The highest BCUT2D eigenvalue weighted by atomic mass is 19.1. The van der Waals surface area contributed by atoms with Gasteiger partial charge < -0.3 is 9.80 Å². The lowest BCUT2D eigenvalue weighted by Crippen LogP contribution is -2.43. The number of nitrogens with zero attached hydrogens (tertiary/aromatic N) is 4. The number of likely N-dealkylation sites (tertiary alicyclic amines) is 1. The molecule has 2 aromatic rings. The summed E-state index contributed by atoms with van der Waals surface area (Å²) in [6, 6.07) is 3.94. The van der Waals surface area contributed by atoms with Gasteiger partial charge in [0.05, 0.1) is 5.56 Å². The molecule has 1 atom stereocenters. The highest BCUT2D eigenvalue weighted by molar-refractivity contribution is 6.02. The summed E-state index contributed by atoms with van der Waals surface area (Å²) in [7, 11) is 0. The zero-order valence-electron chi connectivity index (χ0n) is 18.0. The predicted molar refractivity (Wildman–Crippen MR) is 116 cm³/mol. The van der Waals surface area contributed by atoms with Crippen LogP contribution < -0.4 is 4.90 Å². The number of carbonyl (C=O) groups excluding carboxylic acids is 2. The molecule has 0 bridgehead atoms. The van der Waals surface area contributed by atoms with Crippen LogP contribution in [0.2, 0.25) is 0 Å². The van der Waals surface area contributed by atoms with Crippen molar-refractivity contribution in [3.63, 3.8) is 0 Å². The topological polar surface area (TPSA) is 66.4 Å². The van der Waals surface area contributed by atoms with E-state index < -0.39 is 5.67 Å². The van der Waals surface area contributed by atoms with Gasteiger partial charge in [-0.25, -0.2) is 14.4 Å². The first-order valence-electron chi connectivity index (χ1n) is 11.1. The standard InChI is InChI=1S/C24H27FN4O2/c1-15-10-17-12-20(26-14-19(17)21(15)30)29-7-3-4-16-11-18(13-27-22(16)29)23(31)28-8-5-24(2,25)6-9-28/h11-15H,3-10H2,1-2H3. The minimum Gasteiger partial charge on any atom is -0.338 e. The number of piperidine rings is 1. The largest absolute Gasteiger partial charge is 0.338 e. The highest BCUT2D eigenvalue weighted by Crippen LogP contribution is 2.35. The van der Waals surface area contributed by atoms with Crippen LogP contribution in [0.15, 0.2) is 24.5 Å². The van der Waals surface area contributed by atoms with Gasteiger partial charge in [-0.2, -0.15) is 0 Å². The van der Waals surface area contributed by atoms with Crippen molar-refractivity contribution in [2.75, 3.05) is 24.5 Å². The first-order chi connectivity index (χ1) is 14.8. The van der Waals surface area contributed by atoms with E-state index in [0.717, 1.165) is 54.1 Å². The molecule has 3 aliphatic rings. The average Bonchev–Trinajstić information content (AvgIpc) is 3.05. The minimum atomic E-state index is -1.18. The summed E-state index contributed by atoms with van der Waals surface area (Å²) in [6.45, 7) is 5.22. The Bertz CT molecular complexity index is 1060. The average molecular weight is 423 g/mol. The summed E-state index contributed by atoms with van der Waals surface area (Å²) in [6.07, 6.45) is 6.59. The number of rotatable bonds is 2. The third-order valence-electron chi connectivity index (χ3n) is 6.86. The van der Waals surface area contributed by atoms with Crippen LogP contribution in [-0.4, -0.2) is 51.9 Å². The quantitative estimate of drug-likeness (QED) is 0.734. The van der Waals surface area contributed by atoms with Crippen LogP contribution in [0.5, 0.6) is 0 Å². The fourth-order valence-electron chi connectivity index (χ4n) is 4.87. The third-order valence-corrected chi connectivity index (χ3v) is 6.86. The van der Waals surface area contributed by atoms with Crippen molar-refractivity contribution in [2.24, 2.45) is 5.92 Å². The van der Waals surface area contributed by atoms with E-state index >= 15 is 0 Å². The van der Waals surface area contributed by atoms with E-state index in [1.54, 1.807) is 24.2 Å². The Morgan fingerprint density at radius 2 is 1.90 bits per heavy atom. The highest BCUT2D eigenvalue weighted by Gasteiger charge is 2.33. The molecule has 7 heteroatoms. The number of hydrogen-bond donors (Lipinski definition) is 0. The Hall–Kier alpha value is -2.83. The number of Topliss-reactive ketones (excluding diaryl/α,β-unsaturated/α-hetero) is 1. The summed E-state index contributed by atoms with van der Waals surface area (Å²) >= 11 is 0. The molecule has 0 spiro atoms. The lowest BCUT2D eigenvalue weighted by atomic mass is 9.95. The van der Waals surface area contributed by atoms with Gasteiger partial charge in [-0.05, 0) is 62.3 Å². The van der Waals surface area contributed by atoms with Crippen molar-refractivity contribution in [1.29, 1.82) is 0 Å². The number of fused-ring (bicyclic) bond motifs is 2. The number of hydrogen-bond acceptors (Lipinski definition) is 5. The van der Waals surface area contributed by atoms with Crippen molar-refractivity contribution in [3.05, 3.63) is 46.8 Å². The third kappa shape index (κ3) is 3.60. The zero-order valence-corrected chi connectivity index (χ0v) is 18.0. The minimum absolute atomic E-state index is 0.0115. The zero-order chi connectivity index (χ0) is 21.8. The van der Waals surface area contributed by atoms with Gasteiger partial charge in [-0.15, -0.1) is 0 Å². The number of halogens is 1. The van der Waals surface area contributed by atoms with E-state index in [0.29, 0.717) is 31.5 Å². The number of aromatic nitrogens is 2. The van der Waals surface area contributed by atoms with Crippen LogP contribution in [0.1, 0.15) is 65.0 Å². The molecule has 2 aromatic heterocycles. The van der Waals surface area contributed by atoms with Gasteiger partial charge in [-0.3, -0.25) is 9.59 Å². The van der Waals surface area contributed by atoms with Crippen molar-refractivity contribution in [3.8, 4) is 0 Å². The second kappa shape index (κ2) is 7.39. The molecule has 0 aromatic carbocycles. The van der Waals surface area contributed by atoms with E-state index in [9.17, 15) is 14.0 Å². The number of amides is 1. The molecule has 4 heterocycles. The second-order valence-electron chi connectivity index (χ2n) is 9.34. The monoisotopic (exact) mass is 422 g/mol. The summed E-state index contributed by atoms with van der Waals surface area (Å²) in [5, 5.41) is 0. The van der Waals surface area contributed by atoms with E-state index in [4.69, 9.17) is 0 Å². The van der Waals surface area contributed by atoms with Crippen molar-refractivity contribution in [1.82, 2.24) is 14.9 Å². The molecule has 1 aliphatic carbocycles. The summed E-state index contributed by atoms with van der Waals surface area (Å²) in [5.74, 6) is 1.72. The number of anilines is 2. The lowest BCUT2D eigenvalue weighted by molar-refractivity contribution is 0.0503. The number of ketones is 1. The molecule has 1 unspecified atom stereocenters. The molecule has 1 fully saturated rings. The van der Waals surface area contributed by atoms with E-state index in [-0.39, 0.29) is 17.6 Å². The maximum absolute atomic E-state index is 14.1. The van der Waals surface area contributed by atoms with Crippen molar-refractivity contribution < 1.29 is 14.0 Å². The number of aryl methyl sites for hydroxylation is 1. The Morgan fingerprint density at radius 1 is 1.13 bits per heavy atom.